The van der Waals surface area contributed by atoms with Gasteiger partial charge in [0.15, 0.2) is 5.82 Å². The standard InChI is InChI=1S/C11H8BrCl2N3O2S/c12-8-3-1-2-7(9(8)13)10-15-16-11(20(14,18)19)17(10)6-4-5-6/h1-3,6H,4-5H2. The SMILES string of the molecule is O=S(=O)(Cl)c1nnc(-c2cccc(Br)c2Cl)n1C1CC1. The van der Waals surface area contributed by atoms with E-state index in [-0.39, 0.29) is 11.2 Å². The van der Waals surface area contributed by atoms with Crippen molar-refractivity contribution in [2.75, 3.05) is 0 Å². The highest BCUT2D eigenvalue weighted by Gasteiger charge is 2.34. The van der Waals surface area contributed by atoms with E-state index < -0.39 is 9.05 Å². The predicted molar refractivity (Wildman–Crippen MR) is 79.5 cm³/mol. The van der Waals surface area contributed by atoms with Crippen molar-refractivity contribution in [3.05, 3.63) is 27.7 Å². The highest BCUT2D eigenvalue weighted by atomic mass is 79.9. The van der Waals surface area contributed by atoms with E-state index in [4.69, 9.17) is 22.3 Å². The van der Waals surface area contributed by atoms with Crippen LogP contribution in [0, 0.1) is 0 Å². The molecule has 9 heteroatoms. The van der Waals surface area contributed by atoms with Crippen LogP contribution in [0.4, 0.5) is 0 Å². The minimum Gasteiger partial charge on any atom is -0.294 e. The van der Waals surface area contributed by atoms with Crippen LogP contribution in [0.3, 0.4) is 0 Å². The van der Waals surface area contributed by atoms with Crippen molar-refractivity contribution in [1.29, 1.82) is 0 Å². The summed E-state index contributed by atoms with van der Waals surface area (Å²) < 4.78 is 25.4. The van der Waals surface area contributed by atoms with Gasteiger partial charge in [-0.15, -0.1) is 10.2 Å². The highest BCUT2D eigenvalue weighted by molar-refractivity contribution is 9.10. The normalized spacial score (nSPS) is 15.6. The molecule has 3 rings (SSSR count). The summed E-state index contributed by atoms with van der Waals surface area (Å²) in [5.74, 6) is 0.415. The molecule has 1 heterocycles. The first-order chi connectivity index (χ1) is 9.39. The van der Waals surface area contributed by atoms with Crippen LogP contribution in [-0.4, -0.2) is 23.2 Å². The minimum atomic E-state index is -3.94. The number of nitrogens with zero attached hydrogens (tertiary/aromatic N) is 3. The lowest BCUT2D eigenvalue weighted by atomic mass is 10.2. The first kappa shape index (κ1) is 14.3. The summed E-state index contributed by atoms with van der Waals surface area (Å²) in [7, 11) is 1.47. The fourth-order valence-electron chi connectivity index (χ4n) is 1.97. The summed E-state index contributed by atoms with van der Waals surface area (Å²) in [6.07, 6.45) is 1.74. The maximum Gasteiger partial charge on any atom is 0.296 e. The Labute approximate surface area is 133 Å². The van der Waals surface area contributed by atoms with Crippen LogP contribution in [0.5, 0.6) is 0 Å². The second-order valence-corrected chi connectivity index (χ2v) is 8.14. The van der Waals surface area contributed by atoms with E-state index in [0.29, 0.717) is 20.9 Å². The Morgan fingerprint density at radius 2 is 2.00 bits per heavy atom. The lowest BCUT2D eigenvalue weighted by molar-refractivity contribution is 0.579. The topological polar surface area (TPSA) is 64.8 Å². The summed E-state index contributed by atoms with van der Waals surface area (Å²) >= 11 is 9.57. The van der Waals surface area contributed by atoms with Crippen LogP contribution < -0.4 is 0 Å². The lowest BCUT2D eigenvalue weighted by Gasteiger charge is -2.09. The van der Waals surface area contributed by atoms with Crippen molar-refractivity contribution >= 4 is 47.3 Å². The molecule has 0 N–H and O–H groups in total. The molecule has 1 aromatic heterocycles. The number of hydrogen-bond acceptors (Lipinski definition) is 4. The van der Waals surface area contributed by atoms with Crippen LogP contribution in [0.2, 0.25) is 5.02 Å². The molecule has 2 aromatic rings. The number of hydrogen-bond donors (Lipinski definition) is 0. The van der Waals surface area contributed by atoms with E-state index in [1.54, 1.807) is 22.8 Å². The van der Waals surface area contributed by atoms with Crippen LogP contribution in [0.1, 0.15) is 18.9 Å². The van der Waals surface area contributed by atoms with E-state index in [1.165, 1.54) is 0 Å². The molecule has 106 valence electrons. The van der Waals surface area contributed by atoms with E-state index in [2.05, 4.69) is 26.1 Å². The predicted octanol–water partition coefficient (Wildman–Crippen LogP) is 3.62. The molecule has 1 aliphatic rings. The maximum absolute atomic E-state index is 11.6. The van der Waals surface area contributed by atoms with Gasteiger partial charge in [0.1, 0.15) is 0 Å². The van der Waals surface area contributed by atoms with Crippen molar-refractivity contribution in [2.24, 2.45) is 0 Å². The molecule has 0 atom stereocenters. The molecular formula is C11H8BrCl2N3O2S. The third-order valence-corrected chi connectivity index (χ3v) is 5.41. The van der Waals surface area contributed by atoms with Crippen LogP contribution in [0.25, 0.3) is 11.4 Å². The maximum atomic E-state index is 11.6. The monoisotopic (exact) mass is 395 g/mol. The quantitative estimate of drug-likeness (QED) is 0.743. The number of aromatic nitrogens is 3. The van der Waals surface area contributed by atoms with E-state index >= 15 is 0 Å². The zero-order chi connectivity index (χ0) is 14.5. The molecule has 0 unspecified atom stereocenters. The average molecular weight is 397 g/mol. The largest absolute Gasteiger partial charge is 0.296 e. The fourth-order valence-corrected chi connectivity index (χ4v) is 3.47. The fraction of sp³-hybridized carbons (Fsp3) is 0.273. The molecule has 0 radical (unpaired) electrons. The second-order valence-electron chi connectivity index (χ2n) is 4.45. The molecule has 5 nitrogen and oxygen atoms in total. The molecule has 20 heavy (non-hydrogen) atoms. The number of benzene rings is 1. The second kappa shape index (κ2) is 4.98. The Morgan fingerprint density at radius 3 is 2.60 bits per heavy atom. The first-order valence-electron chi connectivity index (χ1n) is 5.73. The van der Waals surface area contributed by atoms with Crippen molar-refractivity contribution in [3.8, 4) is 11.4 Å². The van der Waals surface area contributed by atoms with Gasteiger partial charge in [-0.1, -0.05) is 17.7 Å². The number of rotatable bonds is 3. The van der Waals surface area contributed by atoms with E-state index in [9.17, 15) is 8.42 Å². The van der Waals surface area contributed by atoms with Gasteiger partial charge >= 0.3 is 0 Å². The summed E-state index contributed by atoms with van der Waals surface area (Å²) in [6.45, 7) is 0. The molecule has 0 amide bonds. The van der Waals surface area contributed by atoms with Crippen LogP contribution in [0.15, 0.2) is 27.8 Å². The highest BCUT2D eigenvalue weighted by Crippen LogP contribution is 2.42. The van der Waals surface area contributed by atoms with E-state index in [0.717, 1.165) is 12.8 Å². The summed E-state index contributed by atoms with van der Waals surface area (Å²) in [4.78, 5) is 0. The lowest BCUT2D eigenvalue weighted by Crippen LogP contribution is -2.06. The van der Waals surface area contributed by atoms with Crippen LogP contribution >= 0.6 is 38.2 Å². The molecule has 1 aromatic carbocycles. The molecule has 1 aliphatic carbocycles. The van der Waals surface area contributed by atoms with Gasteiger partial charge in [0.05, 0.1) is 5.02 Å². The third kappa shape index (κ3) is 2.47. The molecule has 0 spiro atoms. The zero-order valence-electron chi connectivity index (χ0n) is 9.92. The van der Waals surface area contributed by atoms with Gasteiger partial charge in [0.2, 0.25) is 0 Å². The Morgan fingerprint density at radius 1 is 1.30 bits per heavy atom. The first-order valence-corrected chi connectivity index (χ1v) is 9.21. The average Bonchev–Trinajstić information content (AvgIpc) is 3.10. The van der Waals surface area contributed by atoms with Gasteiger partial charge < -0.3 is 0 Å². The van der Waals surface area contributed by atoms with Crippen molar-refractivity contribution in [2.45, 2.75) is 24.0 Å². The summed E-state index contributed by atoms with van der Waals surface area (Å²) in [5.41, 5.74) is 0.618. The Balaban J connectivity index is 2.25. The van der Waals surface area contributed by atoms with Gasteiger partial charge in [0, 0.05) is 26.8 Å². The van der Waals surface area contributed by atoms with Gasteiger partial charge in [-0.2, -0.15) is 0 Å². The Kier molecular flexibility index (Phi) is 3.56. The van der Waals surface area contributed by atoms with Gasteiger partial charge in [0.25, 0.3) is 14.2 Å². The Hall–Kier alpha value is -0.630. The smallest absolute Gasteiger partial charge is 0.294 e. The molecule has 0 saturated heterocycles. The van der Waals surface area contributed by atoms with Crippen molar-refractivity contribution < 1.29 is 8.42 Å². The molecular weight excluding hydrogens is 389 g/mol. The zero-order valence-corrected chi connectivity index (χ0v) is 13.8. The van der Waals surface area contributed by atoms with Crippen LogP contribution in [-0.2, 0) is 9.05 Å². The molecule has 0 bridgehead atoms. The number of halogens is 3. The van der Waals surface area contributed by atoms with Crippen molar-refractivity contribution in [1.82, 2.24) is 14.8 Å². The summed E-state index contributed by atoms with van der Waals surface area (Å²) in [6, 6.07) is 5.41. The van der Waals surface area contributed by atoms with Crippen molar-refractivity contribution in [3.63, 3.8) is 0 Å². The van der Waals surface area contributed by atoms with Gasteiger partial charge in [-0.25, -0.2) is 8.42 Å². The minimum absolute atomic E-state index is 0.0542. The molecule has 1 fully saturated rings. The molecule has 1 saturated carbocycles. The van der Waals surface area contributed by atoms with E-state index in [1.807, 2.05) is 0 Å². The van der Waals surface area contributed by atoms with Gasteiger partial charge in [-0.05, 0) is 40.9 Å². The molecule has 0 aliphatic heterocycles. The van der Waals surface area contributed by atoms with Gasteiger partial charge in [-0.3, -0.25) is 4.57 Å². The third-order valence-electron chi connectivity index (χ3n) is 2.99. The Bertz CT molecular complexity index is 787. The summed E-state index contributed by atoms with van der Waals surface area (Å²) in [5, 5.41) is 7.90.